The topological polar surface area (TPSA) is 68.8 Å². The lowest BCUT2D eigenvalue weighted by Crippen LogP contribution is -2.38. The molecule has 0 aliphatic carbocycles. The van der Waals surface area contributed by atoms with Gasteiger partial charge >= 0.3 is 0 Å². The van der Waals surface area contributed by atoms with Gasteiger partial charge in [-0.25, -0.2) is 4.99 Å². The molecule has 0 radical (unpaired) electrons. The van der Waals surface area contributed by atoms with Gasteiger partial charge in [-0.15, -0.1) is 0 Å². The molecule has 0 spiro atoms. The SMILES string of the molecule is CCNC(=NCc1cccc(C(=O)NC(C)CC)c1)NC(C)c1cccc(N2CCCC2)c1. The fourth-order valence-electron chi connectivity index (χ4n) is 3.97. The Labute approximate surface area is 198 Å². The average molecular weight is 450 g/mol. The Balaban J connectivity index is 1.66. The van der Waals surface area contributed by atoms with E-state index in [1.807, 2.05) is 31.2 Å². The van der Waals surface area contributed by atoms with Gasteiger partial charge in [-0.1, -0.05) is 31.2 Å². The maximum Gasteiger partial charge on any atom is 0.251 e. The molecule has 3 rings (SSSR count). The van der Waals surface area contributed by atoms with Gasteiger partial charge in [0.15, 0.2) is 5.96 Å². The smallest absolute Gasteiger partial charge is 0.251 e. The standard InChI is InChI=1S/C27H39N5O/c1-5-20(3)30-26(33)24-13-9-11-22(17-24)19-29-27(28-6-2)31-21(4)23-12-10-14-25(18-23)32-15-7-8-16-32/h9-14,17-18,20-21H,5-8,15-16,19H2,1-4H3,(H,30,33)(H2,28,29,31). The lowest BCUT2D eigenvalue weighted by atomic mass is 10.1. The molecule has 6 heteroatoms. The zero-order valence-electron chi connectivity index (χ0n) is 20.5. The lowest BCUT2D eigenvalue weighted by Gasteiger charge is -2.22. The maximum atomic E-state index is 12.5. The molecule has 6 nitrogen and oxygen atoms in total. The molecular weight excluding hydrogens is 410 g/mol. The molecule has 1 aliphatic rings. The molecule has 2 aromatic carbocycles. The van der Waals surface area contributed by atoms with Crippen LogP contribution >= 0.6 is 0 Å². The number of carbonyl (C=O) groups excluding carboxylic acids is 1. The minimum Gasteiger partial charge on any atom is -0.372 e. The molecular formula is C27H39N5O. The number of hydrogen-bond acceptors (Lipinski definition) is 3. The quantitative estimate of drug-likeness (QED) is 0.386. The van der Waals surface area contributed by atoms with Crippen LogP contribution in [0, 0.1) is 0 Å². The molecule has 2 aromatic rings. The van der Waals surface area contributed by atoms with Crippen LogP contribution in [0.5, 0.6) is 0 Å². The van der Waals surface area contributed by atoms with E-state index in [4.69, 9.17) is 4.99 Å². The van der Waals surface area contributed by atoms with Crippen molar-refractivity contribution >= 4 is 17.6 Å². The van der Waals surface area contributed by atoms with Crippen LogP contribution in [0.15, 0.2) is 53.5 Å². The number of anilines is 1. The molecule has 178 valence electrons. The average Bonchev–Trinajstić information content (AvgIpc) is 3.38. The fourth-order valence-corrected chi connectivity index (χ4v) is 3.97. The van der Waals surface area contributed by atoms with E-state index in [1.165, 1.54) is 24.1 Å². The summed E-state index contributed by atoms with van der Waals surface area (Å²) in [5.41, 5.74) is 4.22. The maximum absolute atomic E-state index is 12.5. The number of nitrogens with one attached hydrogen (secondary N) is 3. The summed E-state index contributed by atoms with van der Waals surface area (Å²) in [6.45, 7) is 11.9. The van der Waals surface area contributed by atoms with Crippen molar-refractivity contribution in [3.63, 3.8) is 0 Å². The summed E-state index contributed by atoms with van der Waals surface area (Å²) in [5, 5.41) is 9.90. The number of benzene rings is 2. The Morgan fingerprint density at radius 1 is 1.03 bits per heavy atom. The number of rotatable bonds is 9. The predicted molar refractivity (Wildman–Crippen MR) is 138 cm³/mol. The highest BCUT2D eigenvalue weighted by molar-refractivity contribution is 5.94. The van der Waals surface area contributed by atoms with Gasteiger partial charge in [-0.2, -0.15) is 0 Å². The minimum absolute atomic E-state index is 0.0354. The molecule has 33 heavy (non-hydrogen) atoms. The molecule has 1 fully saturated rings. The third-order valence-electron chi connectivity index (χ3n) is 6.14. The summed E-state index contributed by atoms with van der Waals surface area (Å²) < 4.78 is 0. The Morgan fingerprint density at radius 3 is 2.52 bits per heavy atom. The molecule has 2 unspecified atom stereocenters. The molecule has 1 saturated heterocycles. The van der Waals surface area contributed by atoms with Crippen LogP contribution in [-0.2, 0) is 6.54 Å². The van der Waals surface area contributed by atoms with E-state index in [-0.39, 0.29) is 18.0 Å². The first kappa shape index (κ1) is 24.6. The molecule has 1 heterocycles. The first-order chi connectivity index (χ1) is 16.0. The van der Waals surface area contributed by atoms with E-state index in [2.05, 4.69) is 65.9 Å². The van der Waals surface area contributed by atoms with Crippen LogP contribution in [0.25, 0.3) is 0 Å². The van der Waals surface area contributed by atoms with Crippen LogP contribution in [0.2, 0.25) is 0 Å². The summed E-state index contributed by atoms with van der Waals surface area (Å²) in [5.74, 6) is 0.734. The van der Waals surface area contributed by atoms with E-state index in [1.54, 1.807) is 0 Å². The van der Waals surface area contributed by atoms with Gasteiger partial charge in [0.25, 0.3) is 5.91 Å². The van der Waals surface area contributed by atoms with Crippen LogP contribution in [0.3, 0.4) is 0 Å². The van der Waals surface area contributed by atoms with Crippen molar-refractivity contribution in [2.75, 3.05) is 24.5 Å². The van der Waals surface area contributed by atoms with Gasteiger partial charge < -0.3 is 20.9 Å². The van der Waals surface area contributed by atoms with E-state index in [0.717, 1.165) is 37.6 Å². The van der Waals surface area contributed by atoms with Crippen molar-refractivity contribution in [2.24, 2.45) is 4.99 Å². The summed E-state index contributed by atoms with van der Waals surface area (Å²) in [6.07, 6.45) is 3.46. The highest BCUT2D eigenvalue weighted by Crippen LogP contribution is 2.24. The van der Waals surface area contributed by atoms with Gasteiger partial charge in [0.1, 0.15) is 0 Å². The molecule has 2 atom stereocenters. The Morgan fingerprint density at radius 2 is 1.79 bits per heavy atom. The Hall–Kier alpha value is -3.02. The first-order valence-corrected chi connectivity index (χ1v) is 12.3. The second-order valence-electron chi connectivity index (χ2n) is 8.83. The largest absolute Gasteiger partial charge is 0.372 e. The van der Waals surface area contributed by atoms with Crippen molar-refractivity contribution in [3.8, 4) is 0 Å². The number of amides is 1. The van der Waals surface area contributed by atoms with Crippen molar-refractivity contribution in [1.82, 2.24) is 16.0 Å². The van der Waals surface area contributed by atoms with E-state index in [9.17, 15) is 4.79 Å². The normalized spacial score (nSPS) is 15.8. The number of hydrogen-bond donors (Lipinski definition) is 3. The van der Waals surface area contributed by atoms with Gasteiger partial charge in [-0.3, -0.25) is 4.79 Å². The van der Waals surface area contributed by atoms with Crippen LogP contribution < -0.4 is 20.9 Å². The zero-order valence-corrected chi connectivity index (χ0v) is 20.5. The highest BCUT2D eigenvalue weighted by atomic mass is 16.1. The number of nitrogens with zero attached hydrogens (tertiary/aromatic N) is 2. The number of aliphatic imine (C=N–C) groups is 1. The molecule has 1 amide bonds. The second-order valence-corrected chi connectivity index (χ2v) is 8.83. The summed E-state index contributed by atoms with van der Waals surface area (Å²) >= 11 is 0. The molecule has 0 saturated carbocycles. The van der Waals surface area contributed by atoms with Gasteiger partial charge in [0.2, 0.25) is 0 Å². The highest BCUT2D eigenvalue weighted by Gasteiger charge is 2.15. The van der Waals surface area contributed by atoms with Crippen LogP contribution in [-0.4, -0.2) is 37.5 Å². The summed E-state index contributed by atoms with van der Waals surface area (Å²) in [4.78, 5) is 19.7. The molecule has 0 bridgehead atoms. The van der Waals surface area contributed by atoms with Gasteiger partial charge in [0, 0.05) is 36.9 Å². The molecule has 0 aromatic heterocycles. The zero-order chi connectivity index (χ0) is 23.6. The van der Waals surface area contributed by atoms with E-state index in [0.29, 0.717) is 12.1 Å². The second kappa shape index (κ2) is 12.3. The van der Waals surface area contributed by atoms with E-state index < -0.39 is 0 Å². The van der Waals surface area contributed by atoms with Crippen LogP contribution in [0.4, 0.5) is 5.69 Å². The summed E-state index contributed by atoms with van der Waals surface area (Å²) in [7, 11) is 0. The first-order valence-electron chi connectivity index (χ1n) is 12.3. The van der Waals surface area contributed by atoms with Crippen molar-refractivity contribution in [3.05, 3.63) is 65.2 Å². The van der Waals surface area contributed by atoms with Gasteiger partial charge in [0.05, 0.1) is 12.6 Å². The third kappa shape index (κ3) is 7.24. The Kier molecular flexibility index (Phi) is 9.16. The number of guanidine groups is 1. The summed E-state index contributed by atoms with van der Waals surface area (Å²) in [6, 6.07) is 16.8. The number of carbonyl (C=O) groups is 1. The predicted octanol–water partition coefficient (Wildman–Crippen LogP) is 4.63. The Bertz CT molecular complexity index is 936. The van der Waals surface area contributed by atoms with Gasteiger partial charge in [-0.05, 0) is 75.4 Å². The molecule has 3 N–H and O–H groups in total. The van der Waals surface area contributed by atoms with Crippen molar-refractivity contribution in [2.45, 2.75) is 65.6 Å². The van der Waals surface area contributed by atoms with Crippen molar-refractivity contribution < 1.29 is 4.79 Å². The fraction of sp³-hybridized carbons (Fsp3) is 0.481. The minimum atomic E-state index is -0.0354. The lowest BCUT2D eigenvalue weighted by molar-refractivity contribution is 0.0939. The van der Waals surface area contributed by atoms with Crippen LogP contribution in [0.1, 0.15) is 74.5 Å². The van der Waals surface area contributed by atoms with E-state index >= 15 is 0 Å². The molecule has 1 aliphatic heterocycles. The van der Waals surface area contributed by atoms with Crippen molar-refractivity contribution in [1.29, 1.82) is 0 Å². The monoisotopic (exact) mass is 449 g/mol. The third-order valence-corrected chi connectivity index (χ3v) is 6.14.